The molecule has 2 amide bonds. The van der Waals surface area contributed by atoms with Crippen molar-refractivity contribution in [2.75, 3.05) is 13.2 Å². The molecule has 0 heterocycles. The van der Waals surface area contributed by atoms with Crippen LogP contribution >= 0.6 is 0 Å². The van der Waals surface area contributed by atoms with Gasteiger partial charge >= 0.3 is 0 Å². The molecule has 0 unspecified atom stereocenters. The van der Waals surface area contributed by atoms with Crippen molar-refractivity contribution in [2.24, 2.45) is 0 Å². The Kier molecular flexibility index (Phi) is 7.71. The fraction of sp³-hybridized carbons (Fsp3) is 0.417. The summed E-state index contributed by atoms with van der Waals surface area (Å²) in [5.41, 5.74) is 0.280. The summed E-state index contributed by atoms with van der Waals surface area (Å²) < 4.78 is 11.4. The minimum Gasteiger partial charge on any atom is -0.489 e. The Labute approximate surface area is 178 Å². The molecule has 0 aromatic heterocycles. The van der Waals surface area contributed by atoms with Crippen LogP contribution in [0, 0.1) is 0 Å². The Balaban J connectivity index is 1.49. The SMILES string of the molecule is CCNC(=O)C1(NC(=O)COc2ccc(OCc3ccccc3)cc2)CCCCC1. The van der Waals surface area contributed by atoms with E-state index >= 15 is 0 Å². The van der Waals surface area contributed by atoms with Gasteiger partial charge in [0.25, 0.3) is 5.91 Å². The number of carbonyl (C=O) groups excluding carboxylic acids is 2. The first kappa shape index (κ1) is 21.7. The molecule has 0 radical (unpaired) electrons. The van der Waals surface area contributed by atoms with Gasteiger partial charge in [-0.3, -0.25) is 9.59 Å². The molecule has 6 heteroatoms. The molecular weight excluding hydrogens is 380 g/mol. The van der Waals surface area contributed by atoms with Crippen LogP contribution < -0.4 is 20.1 Å². The zero-order chi connectivity index (χ0) is 21.2. The molecule has 2 aromatic rings. The fourth-order valence-electron chi connectivity index (χ4n) is 3.72. The quantitative estimate of drug-likeness (QED) is 0.662. The number of rotatable bonds is 9. The van der Waals surface area contributed by atoms with Crippen LogP contribution in [0.5, 0.6) is 11.5 Å². The average Bonchev–Trinajstić information content (AvgIpc) is 2.78. The summed E-state index contributed by atoms with van der Waals surface area (Å²) in [6.07, 6.45) is 4.29. The fourth-order valence-corrected chi connectivity index (χ4v) is 3.72. The van der Waals surface area contributed by atoms with E-state index in [0.29, 0.717) is 31.7 Å². The van der Waals surface area contributed by atoms with E-state index in [4.69, 9.17) is 9.47 Å². The third-order valence-electron chi connectivity index (χ3n) is 5.30. The van der Waals surface area contributed by atoms with Crippen LogP contribution in [0.1, 0.15) is 44.6 Å². The molecule has 1 saturated carbocycles. The van der Waals surface area contributed by atoms with Crippen molar-refractivity contribution in [3.05, 3.63) is 60.2 Å². The number of benzene rings is 2. The number of likely N-dealkylation sites (N-methyl/N-ethyl adjacent to an activating group) is 1. The first-order chi connectivity index (χ1) is 14.6. The van der Waals surface area contributed by atoms with E-state index < -0.39 is 5.54 Å². The van der Waals surface area contributed by atoms with Gasteiger partial charge in [-0.1, -0.05) is 49.6 Å². The maximum atomic E-state index is 12.6. The van der Waals surface area contributed by atoms with Crippen LogP contribution in [-0.4, -0.2) is 30.5 Å². The van der Waals surface area contributed by atoms with Crippen molar-refractivity contribution in [1.29, 1.82) is 0 Å². The van der Waals surface area contributed by atoms with Crippen molar-refractivity contribution in [3.63, 3.8) is 0 Å². The van der Waals surface area contributed by atoms with Gasteiger partial charge in [0.05, 0.1) is 0 Å². The largest absolute Gasteiger partial charge is 0.489 e. The van der Waals surface area contributed by atoms with Gasteiger partial charge in [0.2, 0.25) is 5.91 Å². The first-order valence-electron chi connectivity index (χ1n) is 10.6. The number of nitrogens with one attached hydrogen (secondary N) is 2. The predicted molar refractivity (Wildman–Crippen MR) is 115 cm³/mol. The molecule has 0 bridgehead atoms. The molecule has 2 aromatic carbocycles. The van der Waals surface area contributed by atoms with Gasteiger partial charge in [-0.05, 0) is 49.6 Å². The molecule has 3 rings (SSSR count). The minimum atomic E-state index is -0.816. The number of carbonyl (C=O) groups is 2. The highest BCUT2D eigenvalue weighted by molar-refractivity contribution is 5.92. The van der Waals surface area contributed by atoms with Crippen LogP contribution in [0.25, 0.3) is 0 Å². The van der Waals surface area contributed by atoms with Gasteiger partial charge < -0.3 is 20.1 Å². The van der Waals surface area contributed by atoms with E-state index in [0.717, 1.165) is 30.6 Å². The summed E-state index contributed by atoms with van der Waals surface area (Å²) in [4.78, 5) is 25.0. The monoisotopic (exact) mass is 410 g/mol. The van der Waals surface area contributed by atoms with Gasteiger partial charge in [0.15, 0.2) is 6.61 Å². The van der Waals surface area contributed by atoms with Crippen molar-refractivity contribution in [3.8, 4) is 11.5 Å². The van der Waals surface area contributed by atoms with Crippen LogP contribution in [0.4, 0.5) is 0 Å². The third-order valence-corrected chi connectivity index (χ3v) is 5.30. The Bertz CT molecular complexity index is 815. The summed E-state index contributed by atoms with van der Waals surface area (Å²) in [5.74, 6) is 0.923. The Hall–Kier alpha value is -3.02. The highest BCUT2D eigenvalue weighted by Crippen LogP contribution is 2.28. The van der Waals surface area contributed by atoms with Crippen LogP contribution in [0.2, 0.25) is 0 Å². The lowest BCUT2D eigenvalue weighted by Crippen LogP contribution is -2.60. The average molecular weight is 411 g/mol. The van der Waals surface area contributed by atoms with E-state index in [1.807, 2.05) is 49.4 Å². The summed E-state index contributed by atoms with van der Waals surface area (Å²) in [6, 6.07) is 17.1. The van der Waals surface area contributed by atoms with E-state index in [1.165, 1.54) is 0 Å². The van der Waals surface area contributed by atoms with E-state index in [-0.39, 0.29) is 18.4 Å². The lowest BCUT2D eigenvalue weighted by Gasteiger charge is -2.36. The molecule has 6 nitrogen and oxygen atoms in total. The standard InChI is InChI=1S/C24H30N2O4/c1-2-25-23(28)24(15-7-4-8-16-24)26-22(27)18-30-21-13-11-20(12-14-21)29-17-19-9-5-3-6-10-19/h3,5-6,9-14H,2,4,7-8,15-18H2,1H3,(H,25,28)(H,26,27). The van der Waals surface area contributed by atoms with Gasteiger partial charge in [-0.15, -0.1) is 0 Å². The van der Waals surface area contributed by atoms with Crippen LogP contribution in [0.15, 0.2) is 54.6 Å². The number of ether oxygens (including phenoxy) is 2. The minimum absolute atomic E-state index is 0.0991. The lowest BCUT2D eigenvalue weighted by molar-refractivity contribution is -0.135. The van der Waals surface area contributed by atoms with Crippen LogP contribution in [0.3, 0.4) is 0 Å². The summed E-state index contributed by atoms with van der Waals surface area (Å²) in [6.45, 7) is 2.79. The van der Waals surface area contributed by atoms with Gasteiger partial charge in [-0.2, -0.15) is 0 Å². The molecule has 1 aliphatic rings. The van der Waals surface area contributed by atoms with E-state index in [2.05, 4.69) is 10.6 Å². The Morgan fingerprint density at radius 2 is 1.53 bits per heavy atom. The molecule has 160 valence electrons. The second kappa shape index (κ2) is 10.7. The highest BCUT2D eigenvalue weighted by atomic mass is 16.5. The maximum Gasteiger partial charge on any atom is 0.258 e. The molecule has 0 aliphatic heterocycles. The zero-order valence-corrected chi connectivity index (χ0v) is 17.5. The second-order valence-electron chi connectivity index (χ2n) is 7.58. The van der Waals surface area contributed by atoms with Crippen molar-refractivity contribution < 1.29 is 19.1 Å². The van der Waals surface area contributed by atoms with Crippen molar-refractivity contribution in [2.45, 2.75) is 51.2 Å². The molecular formula is C24H30N2O4. The molecule has 2 N–H and O–H groups in total. The van der Waals surface area contributed by atoms with E-state index in [9.17, 15) is 9.59 Å². The Morgan fingerprint density at radius 1 is 0.900 bits per heavy atom. The zero-order valence-electron chi connectivity index (χ0n) is 17.5. The van der Waals surface area contributed by atoms with E-state index in [1.54, 1.807) is 12.1 Å². The second-order valence-corrected chi connectivity index (χ2v) is 7.58. The topological polar surface area (TPSA) is 76.7 Å². The molecule has 0 saturated heterocycles. The number of hydrogen-bond acceptors (Lipinski definition) is 4. The number of amides is 2. The lowest BCUT2D eigenvalue weighted by atomic mass is 9.80. The summed E-state index contributed by atoms with van der Waals surface area (Å²) in [5, 5.41) is 5.79. The van der Waals surface area contributed by atoms with Crippen molar-refractivity contribution in [1.82, 2.24) is 10.6 Å². The Morgan fingerprint density at radius 3 is 2.17 bits per heavy atom. The van der Waals surface area contributed by atoms with Crippen LogP contribution in [-0.2, 0) is 16.2 Å². The summed E-state index contributed by atoms with van der Waals surface area (Å²) >= 11 is 0. The molecule has 0 spiro atoms. The molecule has 1 fully saturated rings. The molecule has 0 atom stereocenters. The maximum absolute atomic E-state index is 12.6. The van der Waals surface area contributed by atoms with Gasteiger partial charge in [0.1, 0.15) is 23.6 Å². The molecule has 30 heavy (non-hydrogen) atoms. The predicted octanol–water partition coefficient (Wildman–Crippen LogP) is 3.60. The van der Waals surface area contributed by atoms with Gasteiger partial charge in [0, 0.05) is 6.54 Å². The molecule has 1 aliphatic carbocycles. The van der Waals surface area contributed by atoms with Gasteiger partial charge in [-0.25, -0.2) is 0 Å². The first-order valence-corrected chi connectivity index (χ1v) is 10.6. The smallest absolute Gasteiger partial charge is 0.258 e. The summed E-state index contributed by atoms with van der Waals surface area (Å²) in [7, 11) is 0. The third kappa shape index (κ3) is 5.99. The van der Waals surface area contributed by atoms with Crippen molar-refractivity contribution >= 4 is 11.8 Å². The number of hydrogen-bond donors (Lipinski definition) is 2. The highest BCUT2D eigenvalue weighted by Gasteiger charge is 2.40. The normalized spacial score (nSPS) is 15.1.